The van der Waals surface area contributed by atoms with Crippen LogP contribution >= 0.6 is 0 Å². The van der Waals surface area contributed by atoms with E-state index in [1.54, 1.807) is 0 Å². The van der Waals surface area contributed by atoms with Crippen LogP contribution in [0.4, 0.5) is 0 Å². The van der Waals surface area contributed by atoms with Gasteiger partial charge < -0.3 is 5.32 Å². The van der Waals surface area contributed by atoms with E-state index >= 15 is 0 Å². The third-order valence-corrected chi connectivity index (χ3v) is 2.42. The predicted molar refractivity (Wildman–Crippen MR) is 70.2 cm³/mol. The average Bonchev–Trinajstić information content (AvgIpc) is 2.27. The lowest BCUT2D eigenvalue weighted by molar-refractivity contribution is -0.118. The van der Waals surface area contributed by atoms with Crippen molar-refractivity contribution in [1.82, 2.24) is 5.32 Å². The minimum absolute atomic E-state index is 0.0332. The van der Waals surface area contributed by atoms with Crippen LogP contribution in [0.5, 0.6) is 0 Å². The van der Waals surface area contributed by atoms with Gasteiger partial charge in [0.25, 0.3) is 0 Å². The maximum absolute atomic E-state index is 10.7. The van der Waals surface area contributed by atoms with E-state index in [1.807, 2.05) is 6.08 Å². The summed E-state index contributed by atoms with van der Waals surface area (Å²) >= 11 is 0. The fourth-order valence-corrected chi connectivity index (χ4v) is 1.18. The largest absolute Gasteiger partial charge is 0.356 e. The average molecular weight is 221 g/mol. The number of hydrogen-bond donors (Lipinski definition) is 1. The molecule has 0 aliphatic rings. The van der Waals surface area contributed by atoms with Gasteiger partial charge >= 0.3 is 0 Å². The molecule has 1 amide bonds. The molecule has 90 valence electrons. The molecule has 0 atom stereocenters. The van der Waals surface area contributed by atoms with E-state index in [-0.39, 0.29) is 5.91 Å². The van der Waals surface area contributed by atoms with Gasteiger partial charge in [0.1, 0.15) is 0 Å². The Morgan fingerprint density at radius 1 is 1.31 bits per heavy atom. The molecule has 0 aromatic heterocycles. The summed E-state index contributed by atoms with van der Waals surface area (Å²) in [5.41, 5.74) is 2.58. The van der Waals surface area contributed by atoms with Crippen LogP contribution < -0.4 is 5.32 Å². The highest BCUT2D eigenvalue weighted by atomic mass is 16.1. The smallest absolute Gasteiger partial charge is 0.216 e. The van der Waals surface area contributed by atoms with Crippen molar-refractivity contribution in [2.75, 3.05) is 6.54 Å². The molecule has 2 nitrogen and oxygen atoms in total. The first-order valence-electron chi connectivity index (χ1n) is 5.83. The molecule has 2 heteroatoms. The number of allylic oxidation sites excluding steroid dienone is 5. The fourth-order valence-electron chi connectivity index (χ4n) is 1.18. The Balaban J connectivity index is 4.01. The van der Waals surface area contributed by atoms with Crippen LogP contribution in [-0.4, -0.2) is 12.5 Å². The Morgan fingerprint density at radius 2 is 2.00 bits per heavy atom. The van der Waals surface area contributed by atoms with Crippen molar-refractivity contribution in [3.63, 3.8) is 0 Å². The molecule has 0 heterocycles. The summed E-state index contributed by atoms with van der Waals surface area (Å²) in [5, 5.41) is 2.79. The number of amides is 1. The highest BCUT2D eigenvalue weighted by Gasteiger charge is 1.93. The molecule has 0 unspecified atom stereocenters. The van der Waals surface area contributed by atoms with Crippen LogP contribution in [0.3, 0.4) is 0 Å². The molecule has 0 saturated heterocycles. The van der Waals surface area contributed by atoms with Gasteiger partial charge in [0.05, 0.1) is 0 Å². The molecule has 0 bridgehead atoms. The van der Waals surface area contributed by atoms with E-state index in [1.165, 1.54) is 18.1 Å². The second-order valence-electron chi connectivity index (χ2n) is 3.90. The fraction of sp³-hybridized carbons (Fsp3) is 0.500. The van der Waals surface area contributed by atoms with Gasteiger partial charge in [-0.15, -0.1) is 0 Å². The number of rotatable bonds is 7. The summed E-state index contributed by atoms with van der Waals surface area (Å²) in [6.07, 6.45) is 9.11. The number of nitrogens with one attached hydrogen (secondary N) is 1. The van der Waals surface area contributed by atoms with E-state index in [9.17, 15) is 4.79 Å². The summed E-state index contributed by atoms with van der Waals surface area (Å²) < 4.78 is 0. The molecule has 0 fully saturated rings. The van der Waals surface area contributed by atoms with Gasteiger partial charge in [-0.1, -0.05) is 37.3 Å². The molecule has 0 aliphatic carbocycles. The van der Waals surface area contributed by atoms with E-state index in [0.29, 0.717) is 0 Å². The lowest BCUT2D eigenvalue weighted by Crippen LogP contribution is -2.20. The molecular weight excluding hydrogens is 198 g/mol. The predicted octanol–water partition coefficient (Wildman–Crippen LogP) is 3.37. The van der Waals surface area contributed by atoms with Crippen molar-refractivity contribution in [2.24, 2.45) is 0 Å². The van der Waals surface area contributed by atoms with Gasteiger partial charge in [-0.05, 0) is 31.8 Å². The molecule has 0 rings (SSSR count). The standard InChI is InChI=1S/C14H23NO/c1-5-12(3)9-10-14(6-2)8-7-11-15-13(4)16/h6,9-10H,2,5,7-8,11H2,1,3-4H3,(H,15,16)/b12-9+,14-10+. The molecule has 0 radical (unpaired) electrons. The second kappa shape index (κ2) is 8.96. The minimum Gasteiger partial charge on any atom is -0.356 e. The molecule has 1 N–H and O–H groups in total. The highest BCUT2D eigenvalue weighted by Crippen LogP contribution is 2.08. The van der Waals surface area contributed by atoms with Crippen molar-refractivity contribution >= 4 is 5.91 Å². The SMILES string of the molecule is C=C/C(=C\C=C(/C)CC)CCCNC(C)=O. The first-order chi connectivity index (χ1) is 7.60. The van der Waals surface area contributed by atoms with Crippen LogP contribution in [0, 0.1) is 0 Å². The zero-order valence-electron chi connectivity index (χ0n) is 10.7. The molecule has 0 aliphatic heterocycles. The van der Waals surface area contributed by atoms with Gasteiger partial charge in [0, 0.05) is 13.5 Å². The quantitative estimate of drug-likeness (QED) is 0.518. The summed E-state index contributed by atoms with van der Waals surface area (Å²) in [7, 11) is 0. The van der Waals surface area contributed by atoms with Crippen LogP contribution in [0.1, 0.15) is 40.0 Å². The third kappa shape index (κ3) is 8.04. The van der Waals surface area contributed by atoms with Crippen molar-refractivity contribution in [3.05, 3.63) is 36.0 Å². The molecular formula is C14H23NO. The van der Waals surface area contributed by atoms with Crippen molar-refractivity contribution in [1.29, 1.82) is 0 Å². The Hall–Kier alpha value is -1.31. The van der Waals surface area contributed by atoms with E-state index < -0.39 is 0 Å². The molecule has 0 spiro atoms. The zero-order chi connectivity index (χ0) is 12.4. The topological polar surface area (TPSA) is 29.1 Å². The van der Waals surface area contributed by atoms with Gasteiger partial charge in [0.15, 0.2) is 0 Å². The maximum atomic E-state index is 10.7. The summed E-state index contributed by atoms with van der Waals surface area (Å²) in [6.45, 7) is 10.3. The van der Waals surface area contributed by atoms with Gasteiger partial charge in [-0.2, -0.15) is 0 Å². The Labute approximate surface area is 99.1 Å². The molecule has 0 saturated carbocycles. The summed E-state index contributed by atoms with van der Waals surface area (Å²) in [5.74, 6) is 0.0332. The lowest BCUT2D eigenvalue weighted by atomic mass is 10.1. The lowest BCUT2D eigenvalue weighted by Gasteiger charge is -2.03. The molecule has 0 aromatic carbocycles. The Morgan fingerprint density at radius 3 is 2.50 bits per heavy atom. The van der Waals surface area contributed by atoms with Crippen LogP contribution in [0.25, 0.3) is 0 Å². The Bertz CT molecular complexity index is 287. The van der Waals surface area contributed by atoms with Gasteiger partial charge in [-0.3, -0.25) is 4.79 Å². The van der Waals surface area contributed by atoms with Gasteiger partial charge in [0.2, 0.25) is 5.91 Å². The van der Waals surface area contributed by atoms with Crippen molar-refractivity contribution in [3.8, 4) is 0 Å². The van der Waals surface area contributed by atoms with Crippen LogP contribution in [0.2, 0.25) is 0 Å². The summed E-state index contributed by atoms with van der Waals surface area (Å²) in [6, 6.07) is 0. The summed E-state index contributed by atoms with van der Waals surface area (Å²) in [4.78, 5) is 10.7. The van der Waals surface area contributed by atoms with Crippen molar-refractivity contribution in [2.45, 2.75) is 40.0 Å². The van der Waals surface area contributed by atoms with Crippen LogP contribution in [0.15, 0.2) is 36.0 Å². The van der Waals surface area contributed by atoms with Gasteiger partial charge in [-0.25, -0.2) is 0 Å². The first-order valence-corrected chi connectivity index (χ1v) is 5.83. The van der Waals surface area contributed by atoms with Crippen molar-refractivity contribution < 1.29 is 4.79 Å². The number of carbonyl (C=O) groups excluding carboxylic acids is 1. The van der Waals surface area contributed by atoms with E-state index in [0.717, 1.165) is 25.8 Å². The zero-order valence-corrected chi connectivity index (χ0v) is 10.7. The molecule has 16 heavy (non-hydrogen) atoms. The second-order valence-corrected chi connectivity index (χ2v) is 3.90. The highest BCUT2D eigenvalue weighted by molar-refractivity contribution is 5.72. The van der Waals surface area contributed by atoms with E-state index in [4.69, 9.17) is 0 Å². The maximum Gasteiger partial charge on any atom is 0.216 e. The monoisotopic (exact) mass is 221 g/mol. The normalized spacial score (nSPS) is 12.4. The van der Waals surface area contributed by atoms with Crippen LogP contribution in [-0.2, 0) is 4.79 Å². The number of hydrogen-bond acceptors (Lipinski definition) is 1. The number of carbonyl (C=O) groups is 1. The first kappa shape index (κ1) is 14.7. The minimum atomic E-state index is 0.0332. The molecule has 0 aromatic rings. The Kier molecular flexibility index (Phi) is 8.22. The third-order valence-electron chi connectivity index (χ3n) is 2.42. The van der Waals surface area contributed by atoms with E-state index in [2.05, 4.69) is 37.9 Å².